The van der Waals surface area contributed by atoms with Gasteiger partial charge in [0.1, 0.15) is 5.82 Å². The second kappa shape index (κ2) is 6.15. The van der Waals surface area contributed by atoms with Gasteiger partial charge in [0.15, 0.2) is 0 Å². The maximum absolute atomic E-state index is 13.2. The summed E-state index contributed by atoms with van der Waals surface area (Å²) in [7, 11) is 1.76. The van der Waals surface area contributed by atoms with E-state index in [0.29, 0.717) is 17.9 Å². The van der Waals surface area contributed by atoms with Crippen LogP contribution < -0.4 is 10.2 Å². The predicted octanol–water partition coefficient (Wildman–Crippen LogP) is 2.49. The van der Waals surface area contributed by atoms with Crippen LogP contribution in [0.4, 0.5) is 10.1 Å². The second-order valence-corrected chi connectivity index (χ2v) is 5.28. The first-order valence-corrected chi connectivity index (χ1v) is 6.81. The predicted molar refractivity (Wildman–Crippen MR) is 74.8 cm³/mol. The zero-order chi connectivity index (χ0) is 13.8. The molecule has 4 heteroatoms. The molecule has 0 radical (unpaired) electrons. The first kappa shape index (κ1) is 14.0. The van der Waals surface area contributed by atoms with E-state index in [2.05, 4.69) is 5.32 Å². The molecule has 1 heterocycles. The van der Waals surface area contributed by atoms with Crippen molar-refractivity contribution < 1.29 is 9.18 Å². The van der Waals surface area contributed by atoms with Crippen LogP contribution in [-0.2, 0) is 4.79 Å². The van der Waals surface area contributed by atoms with Crippen LogP contribution in [0.25, 0.3) is 0 Å². The molecule has 1 aliphatic rings. The van der Waals surface area contributed by atoms with Gasteiger partial charge in [0, 0.05) is 19.2 Å². The maximum atomic E-state index is 13.2. The molecule has 3 nitrogen and oxygen atoms in total. The smallest absolute Gasteiger partial charge is 0.226 e. The summed E-state index contributed by atoms with van der Waals surface area (Å²) >= 11 is 0. The molecule has 1 amide bonds. The SMILES string of the molecule is Cc1cc(N(C)C(=O)CC2CCNCC2)ccc1F. The van der Waals surface area contributed by atoms with E-state index in [1.807, 2.05) is 0 Å². The van der Waals surface area contributed by atoms with Crippen LogP contribution in [0, 0.1) is 18.7 Å². The third kappa shape index (κ3) is 3.53. The first-order valence-electron chi connectivity index (χ1n) is 6.81. The minimum absolute atomic E-state index is 0.109. The summed E-state index contributed by atoms with van der Waals surface area (Å²) in [5, 5.41) is 3.30. The lowest BCUT2D eigenvalue weighted by Gasteiger charge is -2.25. The summed E-state index contributed by atoms with van der Waals surface area (Å²) in [4.78, 5) is 13.9. The Bertz CT molecular complexity index is 455. The molecular weight excluding hydrogens is 243 g/mol. The van der Waals surface area contributed by atoms with Gasteiger partial charge in [-0.3, -0.25) is 4.79 Å². The number of piperidine rings is 1. The molecule has 1 aromatic rings. The highest BCUT2D eigenvalue weighted by Crippen LogP contribution is 2.21. The highest BCUT2D eigenvalue weighted by Gasteiger charge is 2.20. The Kier molecular flexibility index (Phi) is 4.53. The van der Waals surface area contributed by atoms with Crippen LogP contribution in [0.2, 0.25) is 0 Å². The fraction of sp³-hybridized carbons (Fsp3) is 0.533. The van der Waals surface area contributed by atoms with Gasteiger partial charge in [0.25, 0.3) is 0 Å². The van der Waals surface area contributed by atoms with E-state index in [1.54, 1.807) is 31.0 Å². The van der Waals surface area contributed by atoms with Crippen molar-refractivity contribution >= 4 is 11.6 Å². The van der Waals surface area contributed by atoms with E-state index in [-0.39, 0.29) is 11.7 Å². The van der Waals surface area contributed by atoms with E-state index in [9.17, 15) is 9.18 Å². The number of benzene rings is 1. The van der Waals surface area contributed by atoms with Crippen LogP contribution >= 0.6 is 0 Å². The van der Waals surface area contributed by atoms with Gasteiger partial charge in [-0.2, -0.15) is 0 Å². The zero-order valence-corrected chi connectivity index (χ0v) is 11.6. The van der Waals surface area contributed by atoms with E-state index in [1.165, 1.54) is 6.07 Å². The van der Waals surface area contributed by atoms with E-state index in [4.69, 9.17) is 0 Å². The number of hydrogen-bond acceptors (Lipinski definition) is 2. The molecule has 0 spiro atoms. The third-order valence-corrected chi connectivity index (χ3v) is 3.82. The normalized spacial score (nSPS) is 16.4. The summed E-state index contributed by atoms with van der Waals surface area (Å²) in [6, 6.07) is 4.79. The number of amides is 1. The van der Waals surface area contributed by atoms with Crippen LogP contribution in [0.1, 0.15) is 24.8 Å². The van der Waals surface area contributed by atoms with Gasteiger partial charge in [0.2, 0.25) is 5.91 Å². The molecular formula is C15H21FN2O. The largest absolute Gasteiger partial charge is 0.317 e. The fourth-order valence-corrected chi connectivity index (χ4v) is 2.45. The summed E-state index contributed by atoms with van der Waals surface area (Å²) < 4.78 is 13.2. The van der Waals surface area contributed by atoms with E-state index >= 15 is 0 Å². The van der Waals surface area contributed by atoms with Gasteiger partial charge in [-0.25, -0.2) is 4.39 Å². The van der Waals surface area contributed by atoms with Gasteiger partial charge in [0.05, 0.1) is 0 Å². The molecule has 2 rings (SSSR count). The van der Waals surface area contributed by atoms with Crippen LogP contribution in [0.15, 0.2) is 18.2 Å². The lowest BCUT2D eigenvalue weighted by atomic mass is 9.94. The second-order valence-electron chi connectivity index (χ2n) is 5.28. The molecule has 1 aliphatic heterocycles. The first-order chi connectivity index (χ1) is 9.08. The Morgan fingerprint density at radius 1 is 1.42 bits per heavy atom. The Hall–Kier alpha value is -1.42. The number of anilines is 1. The zero-order valence-electron chi connectivity index (χ0n) is 11.6. The molecule has 0 atom stereocenters. The minimum Gasteiger partial charge on any atom is -0.317 e. The number of halogens is 1. The van der Waals surface area contributed by atoms with Crippen molar-refractivity contribution in [2.24, 2.45) is 5.92 Å². The van der Waals surface area contributed by atoms with Gasteiger partial charge in [-0.05, 0) is 62.5 Å². The Morgan fingerprint density at radius 2 is 2.11 bits per heavy atom. The number of nitrogens with zero attached hydrogens (tertiary/aromatic N) is 1. The summed E-state index contributed by atoms with van der Waals surface area (Å²) in [6.45, 7) is 3.71. The highest BCUT2D eigenvalue weighted by atomic mass is 19.1. The molecule has 0 unspecified atom stereocenters. The molecule has 1 aromatic carbocycles. The Balaban J connectivity index is 1.99. The molecule has 1 fully saturated rings. The lowest BCUT2D eigenvalue weighted by Crippen LogP contribution is -2.33. The van der Waals surface area contributed by atoms with Crippen molar-refractivity contribution in [2.75, 3.05) is 25.0 Å². The summed E-state index contributed by atoms with van der Waals surface area (Å²) in [5.41, 5.74) is 1.33. The van der Waals surface area contributed by atoms with Gasteiger partial charge >= 0.3 is 0 Å². The topological polar surface area (TPSA) is 32.3 Å². The number of carbonyl (C=O) groups excluding carboxylic acids is 1. The highest BCUT2D eigenvalue weighted by molar-refractivity contribution is 5.93. The molecule has 1 saturated heterocycles. The van der Waals surface area contributed by atoms with Crippen LogP contribution in [0.5, 0.6) is 0 Å². The van der Waals surface area contributed by atoms with Gasteiger partial charge in [-0.15, -0.1) is 0 Å². The van der Waals surface area contributed by atoms with Crippen molar-refractivity contribution in [3.63, 3.8) is 0 Å². The summed E-state index contributed by atoms with van der Waals surface area (Å²) in [5.74, 6) is 0.346. The standard InChI is InChI=1S/C15H21FN2O/c1-11-9-13(3-4-14(11)16)18(2)15(19)10-12-5-7-17-8-6-12/h3-4,9,12,17H,5-8,10H2,1-2H3. The molecule has 0 saturated carbocycles. The van der Waals surface area contributed by atoms with Crippen molar-refractivity contribution in [1.82, 2.24) is 5.32 Å². The Morgan fingerprint density at radius 3 is 2.74 bits per heavy atom. The average molecular weight is 264 g/mol. The molecule has 19 heavy (non-hydrogen) atoms. The quantitative estimate of drug-likeness (QED) is 0.909. The van der Waals surface area contributed by atoms with E-state index in [0.717, 1.165) is 31.6 Å². The monoisotopic (exact) mass is 264 g/mol. The number of aryl methyl sites for hydroxylation is 1. The number of carbonyl (C=O) groups is 1. The molecule has 0 aliphatic carbocycles. The van der Waals surface area contributed by atoms with Crippen LogP contribution in [0.3, 0.4) is 0 Å². The molecule has 0 bridgehead atoms. The lowest BCUT2D eigenvalue weighted by molar-refractivity contribution is -0.119. The van der Waals surface area contributed by atoms with E-state index < -0.39 is 0 Å². The fourth-order valence-electron chi connectivity index (χ4n) is 2.45. The van der Waals surface area contributed by atoms with Gasteiger partial charge in [-0.1, -0.05) is 0 Å². The van der Waals surface area contributed by atoms with Crippen LogP contribution in [-0.4, -0.2) is 26.0 Å². The van der Waals surface area contributed by atoms with Crippen molar-refractivity contribution in [3.8, 4) is 0 Å². The van der Waals surface area contributed by atoms with Crippen molar-refractivity contribution in [2.45, 2.75) is 26.2 Å². The van der Waals surface area contributed by atoms with Crippen molar-refractivity contribution in [3.05, 3.63) is 29.6 Å². The maximum Gasteiger partial charge on any atom is 0.226 e. The molecule has 104 valence electrons. The number of rotatable bonds is 3. The summed E-state index contributed by atoms with van der Waals surface area (Å²) in [6.07, 6.45) is 2.69. The molecule has 1 N–H and O–H groups in total. The number of nitrogens with one attached hydrogen (secondary N) is 1. The van der Waals surface area contributed by atoms with Gasteiger partial charge < -0.3 is 10.2 Å². The minimum atomic E-state index is -0.233. The third-order valence-electron chi connectivity index (χ3n) is 3.82. The van der Waals surface area contributed by atoms with Crippen molar-refractivity contribution in [1.29, 1.82) is 0 Å². The average Bonchev–Trinajstić information content (AvgIpc) is 2.42. The Labute approximate surface area is 113 Å². The number of hydrogen-bond donors (Lipinski definition) is 1. The molecule has 0 aromatic heterocycles.